The Morgan fingerprint density at radius 3 is 3.06 bits per heavy atom. The highest BCUT2D eigenvalue weighted by molar-refractivity contribution is 9.10. The summed E-state index contributed by atoms with van der Waals surface area (Å²) in [7, 11) is 0. The molecule has 1 rings (SSSR count). The SMILES string of the molecule is C=CCSCCNCc1cc(Cl)ccc1Br. The van der Waals surface area contributed by atoms with Gasteiger partial charge in [-0.15, -0.1) is 6.58 Å². The van der Waals surface area contributed by atoms with E-state index in [1.807, 2.05) is 36.0 Å². The highest BCUT2D eigenvalue weighted by atomic mass is 79.9. The molecule has 0 amide bonds. The molecule has 0 fully saturated rings. The van der Waals surface area contributed by atoms with Crippen LogP contribution in [-0.4, -0.2) is 18.1 Å². The third-order valence-corrected chi connectivity index (χ3v) is 3.96. The van der Waals surface area contributed by atoms with Gasteiger partial charge in [0.05, 0.1) is 0 Å². The van der Waals surface area contributed by atoms with Crippen LogP contribution in [-0.2, 0) is 6.54 Å². The van der Waals surface area contributed by atoms with Gasteiger partial charge in [-0.25, -0.2) is 0 Å². The second kappa shape index (κ2) is 8.18. The minimum atomic E-state index is 0.779. The largest absolute Gasteiger partial charge is 0.312 e. The Bertz CT molecular complexity index is 344. The van der Waals surface area contributed by atoms with Crippen molar-refractivity contribution in [1.29, 1.82) is 0 Å². The van der Waals surface area contributed by atoms with Crippen LogP contribution in [0.25, 0.3) is 0 Å². The maximum atomic E-state index is 5.93. The molecule has 1 aromatic rings. The number of nitrogens with one attached hydrogen (secondary N) is 1. The lowest BCUT2D eigenvalue weighted by molar-refractivity contribution is 0.730. The van der Waals surface area contributed by atoms with Crippen molar-refractivity contribution in [1.82, 2.24) is 5.32 Å². The molecule has 1 N–H and O–H groups in total. The zero-order valence-corrected chi connectivity index (χ0v) is 12.2. The number of thioether (sulfide) groups is 1. The molecule has 1 aromatic carbocycles. The van der Waals surface area contributed by atoms with Gasteiger partial charge in [0.25, 0.3) is 0 Å². The highest BCUT2D eigenvalue weighted by Gasteiger charge is 2.00. The molecule has 0 unspecified atom stereocenters. The molecule has 0 saturated carbocycles. The van der Waals surface area contributed by atoms with Crippen molar-refractivity contribution in [2.24, 2.45) is 0 Å². The van der Waals surface area contributed by atoms with Crippen LogP contribution < -0.4 is 5.32 Å². The predicted octanol–water partition coefficient (Wildman–Crippen LogP) is 4.11. The molecule has 88 valence electrons. The van der Waals surface area contributed by atoms with E-state index in [1.165, 1.54) is 5.56 Å². The number of benzene rings is 1. The van der Waals surface area contributed by atoms with E-state index in [2.05, 4.69) is 27.8 Å². The molecule has 0 aliphatic carbocycles. The van der Waals surface area contributed by atoms with Gasteiger partial charge in [-0.05, 0) is 23.8 Å². The van der Waals surface area contributed by atoms with Crippen LogP contribution in [0.15, 0.2) is 35.3 Å². The van der Waals surface area contributed by atoms with Gasteiger partial charge >= 0.3 is 0 Å². The van der Waals surface area contributed by atoms with Crippen molar-refractivity contribution in [2.75, 3.05) is 18.1 Å². The highest BCUT2D eigenvalue weighted by Crippen LogP contribution is 2.20. The fraction of sp³-hybridized carbons (Fsp3) is 0.333. The first-order valence-corrected chi connectivity index (χ1v) is 7.40. The molecule has 0 radical (unpaired) electrons. The molecule has 4 heteroatoms. The molecule has 0 atom stereocenters. The summed E-state index contributed by atoms with van der Waals surface area (Å²) in [5.41, 5.74) is 1.20. The molecule has 0 saturated heterocycles. The molecule has 1 nitrogen and oxygen atoms in total. The van der Waals surface area contributed by atoms with Crippen molar-refractivity contribution >= 4 is 39.3 Å². The van der Waals surface area contributed by atoms with Gasteiger partial charge in [0.2, 0.25) is 0 Å². The summed E-state index contributed by atoms with van der Waals surface area (Å²) in [6, 6.07) is 5.84. The Balaban J connectivity index is 2.26. The first-order chi connectivity index (χ1) is 7.74. The standard InChI is InChI=1S/C12H15BrClNS/c1-2-6-16-7-5-15-9-10-8-11(14)3-4-12(10)13/h2-4,8,15H,1,5-7,9H2. The molecular weight excluding hydrogens is 306 g/mol. The Morgan fingerprint density at radius 1 is 1.50 bits per heavy atom. The Morgan fingerprint density at radius 2 is 2.31 bits per heavy atom. The first kappa shape index (κ1) is 14.1. The van der Waals surface area contributed by atoms with E-state index >= 15 is 0 Å². The van der Waals surface area contributed by atoms with Crippen LogP contribution >= 0.6 is 39.3 Å². The smallest absolute Gasteiger partial charge is 0.0410 e. The molecule has 16 heavy (non-hydrogen) atoms. The summed E-state index contributed by atoms with van der Waals surface area (Å²) in [4.78, 5) is 0. The van der Waals surface area contributed by atoms with Crippen LogP contribution in [0.4, 0.5) is 0 Å². The van der Waals surface area contributed by atoms with E-state index in [0.29, 0.717) is 0 Å². The molecule has 0 aromatic heterocycles. The summed E-state index contributed by atoms with van der Waals surface area (Å²) in [6.45, 7) is 5.53. The zero-order valence-electron chi connectivity index (χ0n) is 9.01. The van der Waals surface area contributed by atoms with Crippen molar-refractivity contribution in [3.63, 3.8) is 0 Å². The monoisotopic (exact) mass is 319 g/mol. The lowest BCUT2D eigenvalue weighted by atomic mass is 10.2. The van der Waals surface area contributed by atoms with E-state index < -0.39 is 0 Å². The van der Waals surface area contributed by atoms with Crippen LogP contribution in [0.2, 0.25) is 5.02 Å². The van der Waals surface area contributed by atoms with Crippen molar-refractivity contribution in [2.45, 2.75) is 6.54 Å². The topological polar surface area (TPSA) is 12.0 Å². The Labute approximate surface area is 115 Å². The third kappa shape index (κ3) is 5.39. The normalized spacial score (nSPS) is 10.4. The van der Waals surface area contributed by atoms with E-state index in [-0.39, 0.29) is 0 Å². The average Bonchev–Trinajstić information content (AvgIpc) is 2.28. The number of rotatable bonds is 7. The van der Waals surface area contributed by atoms with Crippen LogP contribution in [0.1, 0.15) is 5.56 Å². The van der Waals surface area contributed by atoms with Crippen molar-refractivity contribution in [3.8, 4) is 0 Å². The number of halogens is 2. The summed E-state index contributed by atoms with van der Waals surface area (Å²) in [6.07, 6.45) is 1.93. The second-order valence-corrected chi connectivity index (χ2v) is 5.72. The average molecular weight is 321 g/mol. The number of hydrogen-bond acceptors (Lipinski definition) is 2. The van der Waals surface area contributed by atoms with Crippen LogP contribution in [0, 0.1) is 0 Å². The zero-order chi connectivity index (χ0) is 11.8. The number of hydrogen-bond donors (Lipinski definition) is 1. The molecule has 0 spiro atoms. The van der Waals surface area contributed by atoms with E-state index in [1.54, 1.807) is 0 Å². The van der Waals surface area contributed by atoms with Gasteiger partial charge in [-0.3, -0.25) is 0 Å². The molecule has 0 bridgehead atoms. The van der Waals surface area contributed by atoms with E-state index in [4.69, 9.17) is 11.6 Å². The molecule has 0 heterocycles. The predicted molar refractivity (Wildman–Crippen MR) is 78.4 cm³/mol. The summed E-state index contributed by atoms with van der Waals surface area (Å²) >= 11 is 11.3. The van der Waals surface area contributed by atoms with E-state index in [9.17, 15) is 0 Å². The van der Waals surface area contributed by atoms with Crippen LogP contribution in [0.3, 0.4) is 0 Å². The van der Waals surface area contributed by atoms with E-state index in [0.717, 1.165) is 34.1 Å². The van der Waals surface area contributed by atoms with Crippen molar-refractivity contribution in [3.05, 3.63) is 45.9 Å². The fourth-order valence-corrected chi connectivity index (χ4v) is 2.42. The van der Waals surface area contributed by atoms with Gasteiger partial charge in [0.15, 0.2) is 0 Å². The molecular formula is C12H15BrClNS. The minimum Gasteiger partial charge on any atom is -0.312 e. The molecule has 0 aliphatic rings. The maximum Gasteiger partial charge on any atom is 0.0410 e. The van der Waals surface area contributed by atoms with Gasteiger partial charge < -0.3 is 5.32 Å². The minimum absolute atomic E-state index is 0.779. The third-order valence-electron chi connectivity index (χ3n) is 1.98. The van der Waals surface area contributed by atoms with Gasteiger partial charge in [0, 0.05) is 34.1 Å². The lowest BCUT2D eigenvalue weighted by Gasteiger charge is -2.07. The quantitative estimate of drug-likeness (QED) is 0.599. The second-order valence-electron chi connectivity index (χ2n) is 3.28. The fourth-order valence-electron chi connectivity index (χ4n) is 1.21. The molecule has 0 aliphatic heterocycles. The van der Waals surface area contributed by atoms with Crippen molar-refractivity contribution < 1.29 is 0 Å². The maximum absolute atomic E-state index is 5.93. The van der Waals surface area contributed by atoms with Gasteiger partial charge in [0.1, 0.15) is 0 Å². The van der Waals surface area contributed by atoms with Crippen LogP contribution in [0.5, 0.6) is 0 Å². The Kier molecular flexibility index (Phi) is 7.21. The van der Waals surface area contributed by atoms with Gasteiger partial charge in [-0.2, -0.15) is 11.8 Å². The van der Waals surface area contributed by atoms with Gasteiger partial charge in [-0.1, -0.05) is 33.6 Å². The Hall–Kier alpha value is 0.0400. The summed E-state index contributed by atoms with van der Waals surface area (Å²) in [5.74, 6) is 2.12. The summed E-state index contributed by atoms with van der Waals surface area (Å²) < 4.78 is 1.10. The lowest BCUT2D eigenvalue weighted by Crippen LogP contribution is -2.16. The first-order valence-electron chi connectivity index (χ1n) is 5.07. The summed E-state index contributed by atoms with van der Waals surface area (Å²) in [5, 5.41) is 4.16.